The number of hydrogen-bond donors (Lipinski definition) is 1. The number of benzene rings is 1. The summed E-state index contributed by atoms with van der Waals surface area (Å²) in [5, 5.41) is 2.34. The maximum absolute atomic E-state index is 14.2. The Balaban J connectivity index is 2.18. The predicted octanol–water partition coefficient (Wildman–Crippen LogP) is 2.55. The van der Waals surface area contributed by atoms with Crippen molar-refractivity contribution in [2.24, 2.45) is 5.92 Å². The molecule has 9 heteroatoms. The molecule has 0 radical (unpaired) electrons. The third kappa shape index (κ3) is 3.68. The number of carbonyl (C=O) groups excluding carboxylic acids is 2. The SMILES string of the molecule is COC(=O)[C@H](NC(=O)c1cn(C2CC2)c2c(OC)c(F)c(F)cc2c1=O)C(C)C. The lowest BCUT2D eigenvalue weighted by Crippen LogP contribution is -2.46. The van der Waals surface area contributed by atoms with E-state index in [2.05, 4.69) is 5.32 Å². The molecule has 1 saturated carbocycles. The number of nitrogens with zero attached hydrogens (tertiary/aromatic N) is 1. The monoisotopic (exact) mass is 408 g/mol. The van der Waals surface area contributed by atoms with Gasteiger partial charge in [-0.05, 0) is 24.8 Å². The third-order valence-corrected chi connectivity index (χ3v) is 4.96. The molecule has 0 aliphatic heterocycles. The largest absolute Gasteiger partial charge is 0.491 e. The molecule has 0 saturated heterocycles. The van der Waals surface area contributed by atoms with Crippen molar-refractivity contribution in [3.63, 3.8) is 0 Å². The van der Waals surface area contributed by atoms with Gasteiger partial charge in [0, 0.05) is 12.2 Å². The highest BCUT2D eigenvalue weighted by molar-refractivity contribution is 6.00. The zero-order valence-electron chi connectivity index (χ0n) is 16.5. The Labute approximate surface area is 165 Å². The molecule has 1 atom stereocenters. The van der Waals surface area contributed by atoms with E-state index in [0.29, 0.717) is 0 Å². The van der Waals surface area contributed by atoms with Gasteiger partial charge in [-0.15, -0.1) is 0 Å². The Morgan fingerprint density at radius 3 is 2.41 bits per heavy atom. The number of ether oxygens (including phenoxy) is 2. The molecular formula is C20H22F2N2O5. The predicted molar refractivity (Wildman–Crippen MR) is 101 cm³/mol. The van der Waals surface area contributed by atoms with Gasteiger partial charge in [0.25, 0.3) is 5.91 Å². The second-order valence-corrected chi connectivity index (χ2v) is 7.33. The van der Waals surface area contributed by atoms with E-state index in [-0.39, 0.29) is 34.2 Å². The Bertz CT molecular complexity index is 1040. The second-order valence-electron chi connectivity index (χ2n) is 7.33. The van der Waals surface area contributed by atoms with Crippen LogP contribution in [0.2, 0.25) is 0 Å². The normalized spacial score (nSPS) is 14.7. The van der Waals surface area contributed by atoms with Gasteiger partial charge in [0.1, 0.15) is 11.6 Å². The van der Waals surface area contributed by atoms with E-state index < -0.39 is 35.0 Å². The summed E-state index contributed by atoms with van der Waals surface area (Å²) in [5.74, 6) is -4.56. The number of hydrogen-bond acceptors (Lipinski definition) is 5. The minimum absolute atomic E-state index is 0.0649. The Morgan fingerprint density at radius 1 is 1.24 bits per heavy atom. The van der Waals surface area contributed by atoms with Gasteiger partial charge in [-0.3, -0.25) is 9.59 Å². The number of amides is 1. The zero-order valence-corrected chi connectivity index (χ0v) is 16.5. The summed E-state index contributed by atoms with van der Waals surface area (Å²) in [4.78, 5) is 37.7. The minimum atomic E-state index is -1.25. The van der Waals surface area contributed by atoms with Crippen LogP contribution in [0.4, 0.5) is 8.78 Å². The van der Waals surface area contributed by atoms with Crippen molar-refractivity contribution >= 4 is 22.8 Å². The Hall–Kier alpha value is -2.97. The molecule has 2 aromatic rings. The van der Waals surface area contributed by atoms with Crippen molar-refractivity contribution in [2.45, 2.75) is 38.8 Å². The molecular weight excluding hydrogens is 386 g/mol. The molecule has 0 spiro atoms. The minimum Gasteiger partial charge on any atom is -0.491 e. The summed E-state index contributed by atoms with van der Waals surface area (Å²) in [6, 6.07) is -0.257. The number of aromatic nitrogens is 1. The van der Waals surface area contributed by atoms with Crippen molar-refractivity contribution < 1.29 is 27.8 Å². The van der Waals surface area contributed by atoms with Crippen LogP contribution in [0.15, 0.2) is 17.1 Å². The molecule has 0 unspecified atom stereocenters. The zero-order chi connectivity index (χ0) is 21.5. The van der Waals surface area contributed by atoms with Gasteiger partial charge in [-0.1, -0.05) is 13.8 Å². The van der Waals surface area contributed by atoms with Gasteiger partial charge in [-0.25, -0.2) is 9.18 Å². The molecule has 1 aromatic carbocycles. The molecule has 1 amide bonds. The summed E-state index contributed by atoms with van der Waals surface area (Å²) >= 11 is 0. The topological polar surface area (TPSA) is 86.6 Å². The number of rotatable bonds is 6. The molecule has 3 rings (SSSR count). The average molecular weight is 408 g/mol. The van der Waals surface area contributed by atoms with Crippen molar-refractivity contribution in [1.29, 1.82) is 0 Å². The fourth-order valence-corrected chi connectivity index (χ4v) is 3.26. The number of methoxy groups -OCH3 is 2. The number of carbonyl (C=O) groups is 2. The first-order chi connectivity index (χ1) is 13.7. The van der Waals surface area contributed by atoms with E-state index in [0.717, 1.165) is 18.9 Å². The summed E-state index contributed by atoms with van der Waals surface area (Å²) in [5.41, 5.74) is -0.949. The van der Waals surface area contributed by atoms with E-state index in [1.165, 1.54) is 20.4 Å². The van der Waals surface area contributed by atoms with E-state index in [9.17, 15) is 23.2 Å². The fraction of sp³-hybridized carbons (Fsp3) is 0.450. The lowest BCUT2D eigenvalue weighted by molar-refractivity contribution is -0.144. The van der Waals surface area contributed by atoms with Crippen molar-refractivity contribution in [3.8, 4) is 5.75 Å². The molecule has 1 aliphatic rings. The summed E-state index contributed by atoms with van der Waals surface area (Å²) in [7, 11) is 2.38. The Kier molecular flexibility index (Phi) is 5.59. The maximum atomic E-state index is 14.2. The molecule has 1 heterocycles. The lowest BCUT2D eigenvalue weighted by atomic mass is 10.0. The quantitative estimate of drug-likeness (QED) is 0.743. The molecule has 29 heavy (non-hydrogen) atoms. The van der Waals surface area contributed by atoms with Crippen LogP contribution in [0, 0.1) is 17.6 Å². The highest BCUT2D eigenvalue weighted by Gasteiger charge is 2.32. The first kappa shape index (κ1) is 20.8. The van der Waals surface area contributed by atoms with E-state index >= 15 is 0 Å². The highest BCUT2D eigenvalue weighted by atomic mass is 19.2. The smallest absolute Gasteiger partial charge is 0.328 e. The van der Waals surface area contributed by atoms with Crippen LogP contribution in [0.25, 0.3) is 10.9 Å². The maximum Gasteiger partial charge on any atom is 0.328 e. The number of halogens is 2. The number of esters is 1. The van der Waals surface area contributed by atoms with Gasteiger partial charge < -0.3 is 19.4 Å². The van der Waals surface area contributed by atoms with Crippen molar-refractivity contribution in [2.75, 3.05) is 14.2 Å². The number of fused-ring (bicyclic) bond motifs is 1. The van der Waals surface area contributed by atoms with Gasteiger partial charge >= 0.3 is 5.97 Å². The van der Waals surface area contributed by atoms with E-state index in [4.69, 9.17) is 9.47 Å². The van der Waals surface area contributed by atoms with Crippen LogP contribution in [-0.4, -0.2) is 36.7 Å². The number of nitrogens with one attached hydrogen (secondary N) is 1. The molecule has 1 aromatic heterocycles. The van der Waals surface area contributed by atoms with E-state index in [1.54, 1.807) is 18.4 Å². The average Bonchev–Trinajstić information content (AvgIpc) is 3.52. The van der Waals surface area contributed by atoms with Gasteiger partial charge in [0.2, 0.25) is 11.2 Å². The second kappa shape index (κ2) is 7.81. The van der Waals surface area contributed by atoms with Crippen LogP contribution in [0.3, 0.4) is 0 Å². The van der Waals surface area contributed by atoms with Crippen LogP contribution in [0.5, 0.6) is 5.75 Å². The van der Waals surface area contributed by atoms with Crippen LogP contribution < -0.4 is 15.5 Å². The molecule has 7 nitrogen and oxygen atoms in total. The Morgan fingerprint density at radius 2 is 1.90 bits per heavy atom. The molecule has 1 N–H and O–H groups in total. The van der Waals surface area contributed by atoms with Crippen molar-refractivity contribution in [3.05, 3.63) is 39.7 Å². The lowest BCUT2D eigenvalue weighted by Gasteiger charge is -2.21. The van der Waals surface area contributed by atoms with E-state index in [1.807, 2.05) is 0 Å². The standard InChI is InChI=1S/C20H22F2N2O5/c1-9(2)15(20(27)29-4)23-19(26)12-8-24(10-5-6-10)16-11(17(12)25)7-13(21)14(22)18(16)28-3/h7-10,15H,5-6H2,1-4H3,(H,23,26)/t15-/m1/s1. The van der Waals surface area contributed by atoms with Gasteiger partial charge in [0.05, 0.1) is 25.1 Å². The fourth-order valence-electron chi connectivity index (χ4n) is 3.26. The number of pyridine rings is 1. The molecule has 1 aliphatic carbocycles. The molecule has 156 valence electrons. The summed E-state index contributed by atoms with van der Waals surface area (Å²) < 4.78 is 39.6. The van der Waals surface area contributed by atoms with Crippen LogP contribution >= 0.6 is 0 Å². The van der Waals surface area contributed by atoms with Crippen LogP contribution in [0.1, 0.15) is 43.1 Å². The first-order valence-electron chi connectivity index (χ1n) is 9.20. The summed E-state index contributed by atoms with van der Waals surface area (Å²) in [6.07, 6.45) is 2.84. The first-order valence-corrected chi connectivity index (χ1v) is 9.20. The molecule has 0 bridgehead atoms. The molecule has 1 fully saturated rings. The van der Waals surface area contributed by atoms with Gasteiger partial charge in [0.15, 0.2) is 11.6 Å². The van der Waals surface area contributed by atoms with Crippen molar-refractivity contribution in [1.82, 2.24) is 9.88 Å². The summed E-state index contributed by atoms with van der Waals surface area (Å²) in [6.45, 7) is 3.43. The highest BCUT2D eigenvalue weighted by Crippen LogP contribution is 2.40. The van der Waals surface area contributed by atoms with Gasteiger partial charge in [-0.2, -0.15) is 4.39 Å². The third-order valence-electron chi connectivity index (χ3n) is 4.96. The van der Waals surface area contributed by atoms with Crippen LogP contribution in [-0.2, 0) is 9.53 Å².